The predicted molar refractivity (Wildman–Crippen MR) is 266 cm³/mol. The Kier molecular flexibility index (Phi) is 15.1. The van der Waals surface area contributed by atoms with Crippen LogP contribution in [0, 0.1) is 0 Å². The van der Waals surface area contributed by atoms with Gasteiger partial charge in [0.1, 0.15) is 42.1 Å². The lowest BCUT2D eigenvalue weighted by atomic mass is 10.1. The average molecular weight is 957 g/mol. The first-order chi connectivity index (χ1) is 33.3. The van der Waals surface area contributed by atoms with Crippen molar-refractivity contribution in [1.82, 2.24) is 39.7 Å². The molecule has 2 fully saturated rings. The number of aromatic nitrogens is 6. The lowest BCUT2D eigenvalue weighted by Gasteiger charge is -2.26. The molecule has 0 aliphatic carbocycles. The van der Waals surface area contributed by atoms with E-state index in [0.717, 1.165) is 133 Å². The lowest BCUT2D eigenvalue weighted by molar-refractivity contribution is -0.114. The first kappa shape index (κ1) is 46.5. The summed E-state index contributed by atoms with van der Waals surface area (Å²) in [6, 6.07) is 31.1. The van der Waals surface area contributed by atoms with Crippen LogP contribution in [-0.4, -0.2) is 132 Å². The second-order valence-electron chi connectivity index (χ2n) is 16.2. The number of methoxy groups -OCH3 is 1. The van der Waals surface area contributed by atoms with Crippen LogP contribution in [0.15, 0.2) is 109 Å². The van der Waals surface area contributed by atoms with Crippen LogP contribution >= 0.6 is 23.2 Å². The highest BCUT2D eigenvalue weighted by molar-refractivity contribution is 6.35. The normalized spacial score (nSPS) is 14.4. The Hall–Kier alpha value is -6.59. The van der Waals surface area contributed by atoms with E-state index >= 15 is 0 Å². The van der Waals surface area contributed by atoms with Crippen molar-refractivity contribution >= 4 is 57.1 Å². The van der Waals surface area contributed by atoms with Crippen LogP contribution < -0.4 is 19.5 Å². The molecule has 1 amide bonds. The van der Waals surface area contributed by atoms with E-state index in [1.165, 1.54) is 6.92 Å². The topological polar surface area (TPSA) is 165 Å². The van der Waals surface area contributed by atoms with Crippen molar-refractivity contribution in [2.45, 2.75) is 6.92 Å². The maximum absolute atomic E-state index is 11.5. The zero-order chi connectivity index (χ0) is 46.8. The summed E-state index contributed by atoms with van der Waals surface area (Å²) in [5.41, 5.74) is 8.67. The number of ether oxygens (including phenoxy) is 5. The molecule has 4 aromatic carbocycles. The number of H-pyrrole nitrogens is 2. The van der Waals surface area contributed by atoms with E-state index in [1.54, 1.807) is 19.5 Å². The largest absolute Gasteiger partial charge is 0.497 e. The summed E-state index contributed by atoms with van der Waals surface area (Å²) in [6.07, 6.45) is 3.23. The molecule has 17 heteroatoms. The molecule has 0 atom stereocenters. The summed E-state index contributed by atoms with van der Waals surface area (Å²) in [6.45, 7) is 11.5. The number of hydrogen-bond donors (Lipinski definition) is 3. The summed E-state index contributed by atoms with van der Waals surface area (Å²) in [7, 11) is 1.65. The molecular weight excluding hydrogens is 906 g/mol. The van der Waals surface area contributed by atoms with E-state index in [9.17, 15) is 4.79 Å². The summed E-state index contributed by atoms with van der Waals surface area (Å²) < 4.78 is 28.0. The molecule has 2 saturated heterocycles. The second kappa shape index (κ2) is 22.0. The lowest BCUT2D eigenvalue weighted by Crippen LogP contribution is -2.38. The third kappa shape index (κ3) is 11.4. The number of pyridine rings is 2. The summed E-state index contributed by atoms with van der Waals surface area (Å²) in [5, 5.41) is 3.86. The maximum atomic E-state index is 11.5. The Balaban J connectivity index is 0.000000170. The molecule has 4 aromatic heterocycles. The molecule has 2 aliphatic rings. The van der Waals surface area contributed by atoms with E-state index in [4.69, 9.17) is 46.9 Å². The third-order valence-electron chi connectivity index (χ3n) is 11.6. The number of nitrogens with one attached hydrogen (secondary N) is 3. The van der Waals surface area contributed by atoms with Crippen LogP contribution in [0.3, 0.4) is 0 Å². The van der Waals surface area contributed by atoms with Gasteiger partial charge in [-0.1, -0.05) is 47.5 Å². The molecule has 0 bridgehead atoms. The molecule has 0 radical (unpaired) electrons. The minimum Gasteiger partial charge on any atom is -0.497 e. The highest BCUT2D eigenvalue weighted by atomic mass is 35.5. The maximum Gasteiger partial charge on any atom is 0.221 e. The Bertz CT molecular complexity index is 2970. The van der Waals surface area contributed by atoms with Crippen molar-refractivity contribution in [3.05, 3.63) is 120 Å². The molecule has 0 unspecified atom stereocenters. The van der Waals surface area contributed by atoms with Crippen LogP contribution in [0.1, 0.15) is 6.92 Å². The van der Waals surface area contributed by atoms with Gasteiger partial charge in [0.15, 0.2) is 11.3 Å². The van der Waals surface area contributed by atoms with E-state index in [-0.39, 0.29) is 5.91 Å². The highest BCUT2D eigenvalue weighted by Gasteiger charge is 2.18. The van der Waals surface area contributed by atoms with Gasteiger partial charge >= 0.3 is 0 Å². The average Bonchev–Trinajstić information content (AvgIpc) is 4.00. The van der Waals surface area contributed by atoms with Crippen molar-refractivity contribution in [2.24, 2.45) is 0 Å². The zero-order valence-electron chi connectivity index (χ0n) is 37.8. The van der Waals surface area contributed by atoms with Crippen molar-refractivity contribution in [3.63, 3.8) is 0 Å². The van der Waals surface area contributed by atoms with Crippen molar-refractivity contribution in [2.75, 3.05) is 91.3 Å². The number of anilines is 1. The molecule has 0 saturated carbocycles. The third-order valence-corrected chi connectivity index (χ3v) is 12.2. The molecule has 350 valence electrons. The SMILES string of the molecule is CC(=O)Nc1cccc(-c2c(Cl)cnc3nc(-c4ccc(OCCN5CCOCC5)cc4)[nH]c23)c1.COc1cccc(-c2c(Cl)cnc3nc(-c4ccc(OCCN5CCOCC5)cc4)[nH]c23)c1. The minimum atomic E-state index is -0.134. The number of imidazole rings is 2. The number of hydrogen-bond acceptors (Lipinski definition) is 12. The van der Waals surface area contributed by atoms with Gasteiger partial charge < -0.3 is 39.0 Å². The van der Waals surface area contributed by atoms with Crippen molar-refractivity contribution in [1.29, 1.82) is 0 Å². The molecular formula is C51H51Cl2N9O6. The highest BCUT2D eigenvalue weighted by Crippen LogP contribution is 2.37. The van der Waals surface area contributed by atoms with Crippen LogP contribution in [0.4, 0.5) is 5.69 Å². The molecule has 6 heterocycles. The summed E-state index contributed by atoms with van der Waals surface area (Å²) in [5.74, 6) is 3.69. The first-order valence-electron chi connectivity index (χ1n) is 22.5. The van der Waals surface area contributed by atoms with E-state index in [1.807, 2.05) is 97.1 Å². The smallest absolute Gasteiger partial charge is 0.221 e. The van der Waals surface area contributed by atoms with Gasteiger partial charge in [-0.15, -0.1) is 0 Å². The number of amides is 1. The standard InChI is InChI=1S/C26H26ClN5O3.C25H25ClN4O3/c1-17(33)29-20-4-2-3-19(15-20)23-22(27)16-28-26-24(23)30-25(31-26)18-5-7-21(8-6-18)35-14-11-32-9-12-34-13-10-32;1-31-20-4-2-3-18(15-20)22-21(26)16-27-25-23(22)28-24(29-25)17-5-7-19(8-6-17)33-14-11-30-9-12-32-13-10-30/h2-8,15-16H,9-14H2,1H3,(H,29,33)(H,28,30,31);2-8,15-16H,9-14H2,1H3,(H,27,28,29). The van der Waals surface area contributed by atoms with Gasteiger partial charge in [-0.3, -0.25) is 14.6 Å². The van der Waals surface area contributed by atoms with E-state index < -0.39 is 0 Å². The van der Waals surface area contributed by atoms with Gasteiger partial charge in [0.2, 0.25) is 5.91 Å². The number of carbonyl (C=O) groups is 1. The Morgan fingerprint density at radius 1 is 0.632 bits per heavy atom. The number of benzene rings is 4. The van der Waals surface area contributed by atoms with Crippen LogP contribution in [0.2, 0.25) is 10.0 Å². The summed E-state index contributed by atoms with van der Waals surface area (Å²) in [4.78, 5) is 41.1. The van der Waals surface area contributed by atoms with Crippen LogP contribution in [0.25, 0.3) is 67.4 Å². The number of rotatable bonds is 14. The second-order valence-corrected chi connectivity index (χ2v) is 17.0. The fourth-order valence-electron chi connectivity index (χ4n) is 8.09. The minimum absolute atomic E-state index is 0.134. The molecule has 3 N–H and O–H groups in total. The van der Waals surface area contributed by atoms with Crippen LogP contribution in [-0.2, 0) is 14.3 Å². The molecule has 0 spiro atoms. The quantitative estimate of drug-likeness (QED) is 0.0948. The van der Waals surface area contributed by atoms with Crippen molar-refractivity contribution in [3.8, 4) is 62.3 Å². The molecule has 8 aromatic rings. The van der Waals surface area contributed by atoms with E-state index in [2.05, 4.69) is 45.0 Å². The van der Waals surface area contributed by atoms with E-state index in [0.29, 0.717) is 46.1 Å². The monoisotopic (exact) mass is 955 g/mol. The number of aromatic amines is 2. The molecule has 68 heavy (non-hydrogen) atoms. The predicted octanol–water partition coefficient (Wildman–Crippen LogP) is 9.28. The summed E-state index contributed by atoms with van der Waals surface area (Å²) >= 11 is 13.1. The van der Waals surface area contributed by atoms with Gasteiger partial charge in [0.25, 0.3) is 0 Å². The number of morpholine rings is 2. The van der Waals surface area contributed by atoms with Gasteiger partial charge in [-0.05, 0) is 83.9 Å². The van der Waals surface area contributed by atoms with Crippen molar-refractivity contribution < 1.29 is 28.5 Å². The number of nitrogens with zero attached hydrogens (tertiary/aromatic N) is 6. The van der Waals surface area contributed by atoms with Crippen LogP contribution in [0.5, 0.6) is 17.2 Å². The van der Waals surface area contributed by atoms with Gasteiger partial charge in [-0.2, -0.15) is 0 Å². The Labute approximate surface area is 403 Å². The number of carbonyl (C=O) groups excluding carboxylic acids is 1. The Morgan fingerprint density at radius 2 is 1.10 bits per heavy atom. The first-order valence-corrected chi connectivity index (χ1v) is 23.2. The van der Waals surface area contributed by atoms with Gasteiger partial charge in [-0.25, -0.2) is 19.9 Å². The molecule has 10 rings (SSSR count). The zero-order valence-corrected chi connectivity index (χ0v) is 39.3. The van der Waals surface area contributed by atoms with Gasteiger partial charge in [0.05, 0.1) is 54.6 Å². The molecule has 15 nitrogen and oxygen atoms in total. The number of halogens is 2. The fourth-order valence-corrected chi connectivity index (χ4v) is 8.60. The molecule has 2 aliphatic heterocycles. The number of fused-ring (bicyclic) bond motifs is 2. The van der Waals surface area contributed by atoms with Gasteiger partial charge in [0, 0.05) is 86.5 Å². The fraction of sp³-hybridized carbons (Fsp3) is 0.275. The Morgan fingerprint density at radius 3 is 1.57 bits per heavy atom.